The van der Waals surface area contributed by atoms with Crippen molar-refractivity contribution in [2.24, 2.45) is 5.41 Å². The molecule has 5 nitrogen and oxygen atoms in total. The topological polar surface area (TPSA) is 80.9 Å². The van der Waals surface area contributed by atoms with Crippen molar-refractivity contribution in [1.29, 1.82) is 0 Å². The molecule has 0 saturated heterocycles. The van der Waals surface area contributed by atoms with Gasteiger partial charge in [0.1, 0.15) is 5.82 Å². The summed E-state index contributed by atoms with van der Waals surface area (Å²) in [5, 5.41) is 3.01. The van der Waals surface area contributed by atoms with Crippen LogP contribution in [-0.2, 0) is 0 Å². The third-order valence-electron chi connectivity index (χ3n) is 4.30. The minimum atomic E-state index is -0.191. The molecule has 0 aromatic carbocycles. The third-order valence-corrected chi connectivity index (χ3v) is 4.30. The monoisotopic (exact) mass is 290 g/mol. The highest BCUT2D eigenvalue weighted by atomic mass is 16.1. The fourth-order valence-electron chi connectivity index (χ4n) is 2.82. The lowest BCUT2D eigenvalue weighted by atomic mass is 9.76. The number of carbonyl (C=O) groups excluding carboxylic acids is 1. The number of carbonyl (C=O) groups is 1. The lowest BCUT2D eigenvalue weighted by Gasteiger charge is -2.33. The molecule has 1 aliphatic rings. The van der Waals surface area contributed by atoms with Gasteiger partial charge in [-0.15, -0.1) is 0 Å². The predicted molar refractivity (Wildman–Crippen MR) is 84.1 cm³/mol. The van der Waals surface area contributed by atoms with Gasteiger partial charge in [-0.05, 0) is 18.3 Å². The van der Waals surface area contributed by atoms with Crippen molar-refractivity contribution >= 4 is 11.6 Å². The van der Waals surface area contributed by atoms with Crippen LogP contribution in [-0.4, -0.2) is 22.4 Å². The van der Waals surface area contributed by atoms with E-state index in [0.717, 1.165) is 0 Å². The fraction of sp³-hybridized carbons (Fsp3) is 0.688. The SMILES string of the molecule is CC(C)c1ncc(N)c(C(=O)NCC2(C)CCCCC2)n1. The number of hydrogen-bond acceptors (Lipinski definition) is 4. The zero-order valence-corrected chi connectivity index (χ0v) is 13.3. The maximum atomic E-state index is 12.3. The molecule has 1 amide bonds. The number of rotatable bonds is 4. The molecule has 1 aromatic heterocycles. The van der Waals surface area contributed by atoms with Crippen molar-refractivity contribution in [3.05, 3.63) is 17.7 Å². The first-order valence-electron chi connectivity index (χ1n) is 7.82. The Hall–Kier alpha value is -1.65. The minimum absolute atomic E-state index is 0.174. The molecule has 1 fully saturated rings. The van der Waals surface area contributed by atoms with E-state index in [9.17, 15) is 4.79 Å². The molecule has 0 bridgehead atoms. The van der Waals surface area contributed by atoms with Crippen molar-refractivity contribution in [3.8, 4) is 0 Å². The maximum absolute atomic E-state index is 12.3. The molecule has 1 heterocycles. The molecular weight excluding hydrogens is 264 g/mol. The van der Waals surface area contributed by atoms with Crippen LogP contribution in [0.15, 0.2) is 6.20 Å². The second-order valence-corrected chi connectivity index (χ2v) is 6.74. The number of nitrogen functional groups attached to an aromatic ring is 1. The Labute approximate surface area is 126 Å². The van der Waals surface area contributed by atoms with Crippen LogP contribution in [0, 0.1) is 5.41 Å². The van der Waals surface area contributed by atoms with Gasteiger partial charge in [-0.1, -0.05) is 40.0 Å². The summed E-state index contributed by atoms with van der Waals surface area (Å²) in [6.07, 6.45) is 7.67. The summed E-state index contributed by atoms with van der Waals surface area (Å²) in [5.74, 6) is 0.634. The molecule has 1 saturated carbocycles. The Kier molecular flexibility index (Phi) is 4.80. The summed E-state index contributed by atoms with van der Waals surface area (Å²) < 4.78 is 0. The van der Waals surface area contributed by atoms with E-state index in [1.807, 2.05) is 13.8 Å². The van der Waals surface area contributed by atoms with Gasteiger partial charge in [0.05, 0.1) is 11.9 Å². The molecule has 0 atom stereocenters. The van der Waals surface area contributed by atoms with Crippen molar-refractivity contribution in [2.75, 3.05) is 12.3 Å². The van der Waals surface area contributed by atoms with E-state index >= 15 is 0 Å². The number of nitrogens with two attached hydrogens (primary N) is 1. The van der Waals surface area contributed by atoms with Crippen molar-refractivity contribution in [2.45, 2.75) is 58.8 Å². The number of amides is 1. The van der Waals surface area contributed by atoms with E-state index in [0.29, 0.717) is 23.8 Å². The Morgan fingerprint density at radius 2 is 2.05 bits per heavy atom. The molecule has 0 unspecified atom stereocenters. The summed E-state index contributed by atoms with van der Waals surface area (Å²) in [6.45, 7) is 6.92. The van der Waals surface area contributed by atoms with E-state index in [1.54, 1.807) is 0 Å². The van der Waals surface area contributed by atoms with Crippen LogP contribution in [0.1, 0.15) is 75.1 Å². The highest BCUT2D eigenvalue weighted by Crippen LogP contribution is 2.35. The van der Waals surface area contributed by atoms with Crippen LogP contribution >= 0.6 is 0 Å². The molecular formula is C16H26N4O. The third kappa shape index (κ3) is 3.93. The first-order chi connectivity index (χ1) is 9.91. The second-order valence-electron chi connectivity index (χ2n) is 6.74. The van der Waals surface area contributed by atoms with E-state index in [-0.39, 0.29) is 17.2 Å². The molecule has 5 heteroatoms. The zero-order valence-electron chi connectivity index (χ0n) is 13.3. The fourth-order valence-corrected chi connectivity index (χ4v) is 2.82. The average molecular weight is 290 g/mol. The molecule has 1 aromatic rings. The van der Waals surface area contributed by atoms with Crippen LogP contribution in [0.4, 0.5) is 5.69 Å². The van der Waals surface area contributed by atoms with E-state index in [1.165, 1.54) is 38.3 Å². The van der Waals surface area contributed by atoms with Crippen molar-refractivity contribution in [3.63, 3.8) is 0 Å². The summed E-state index contributed by atoms with van der Waals surface area (Å²) in [4.78, 5) is 20.8. The van der Waals surface area contributed by atoms with E-state index in [2.05, 4.69) is 22.2 Å². The van der Waals surface area contributed by atoms with Gasteiger partial charge in [0, 0.05) is 12.5 Å². The van der Waals surface area contributed by atoms with Gasteiger partial charge < -0.3 is 11.1 Å². The Morgan fingerprint density at radius 1 is 1.38 bits per heavy atom. The molecule has 0 spiro atoms. The normalized spacial score (nSPS) is 17.7. The van der Waals surface area contributed by atoms with Crippen molar-refractivity contribution in [1.82, 2.24) is 15.3 Å². The second kappa shape index (κ2) is 6.41. The molecule has 116 valence electrons. The standard InChI is InChI=1S/C16H26N4O/c1-11(2)14-18-9-12(17)13(20-14)15(21)19-10-16(3)7-5-4-6-8-16/h9,11H,4-8,10,17H2,1-3H3,(H,19,21). The largest absolute Gasteiger partial charge is 0.396 e. The van der Waals surface area contributed by atoms with Crippen LogP contribution in [0.3, 0.4) is 0 Å². The van der Waals surface area contributed by atoms with Crippen LogP contribution < -0.4 is 11.1 Å². The maximum Gasteiger partial charge on any atom is 0.272 e. The highest BCUT2D eigenvalue weighted by Gasteiger charge is 2.27. The highest BCUT2D eigenvalue weighted by molar-refractivity contribution is 5.96. The summed E-state index contributed by atoms with van der Waals surface area (Å²) in [6, 6.07) is 0. The lowest BCUT2D eigenvalue weighted by molar-refractivity contribution is 0.0914. The Bertz CT molecular complexity index is 507. The van der Waals surface area contributed by atoms with Gasteiger partial charge >= 0.3 is 0 Å². The van der Waals surface area contributed by atoms with Gasteiger partial charge in [0.15, 0.2) is 5.69 Å². The van der Waals surface area contributed by atoms with Crippen LogP contribution in [0.2, 0.25) is 0 Å². The minimum Gasteiger partial charge on any atom is -0.396 e. The predicted octanol–water partition coefficient (Wildman–Crippen LogP) is 2.88. The van der Waals surface area contributed by atoms with Crippen LogP contribution in [0.5, 0.6) is 0 Å². The van der Waals surface area contributed by atoms with Crippen LogP contribution in [0.25, 0.3) is 0 Å². The molecule has 0 radical (unpaired) electrons. The molecule has 0 aliphatic heterocycles. The number of aromatic nitrogens is 2. The van der Waals surface area contributed by atoms with E-state index in [4.69, 9.17) is 5.73 Å². The number of hydrogen-bond donors (Lipinski definition) is 2. The average Bonchev–Trinajstić information content (AvgIpc) is 2.46. The summed E-state index contributed by atoms with van der Waals surface area (Å²) in [7, 11) is 0. The van der Waals surface area contributed by atoms with Gasteiger partial charge in [-0.25, -0.2) is 9.97 Å². The van der Waals surface area contributed by atoms with Gasteiger partial charge in [-0.3, -0.25) is 4.79 Å². The van der Waals surface area contributed by atoms with Gasteiger partial charge in [0.2, 0.25) is 0 Å². The van der Waals surface area contributed by atoms with Gasteiger partial charge in [0.25, 0.3) is 5.91 Å². The summed E-state index contributed by atoms with van der Waals surface area (Å²) >= 11 is 0. The Balaban J connectivity index is 2.04. The first kappa shape index (κ1) is 15.7. The lowest BCUT2D eigenvalue weighted by Crippen LogP contribution is -2.37. The first-order valence-corrected chi connectivity index (χ1v) is 7.82. The smallest absolute Gasteiger partial charge is 0.272 e. The Morgan fingerprint density at radius 3 is 2.67 bits per heavy atom. The molecule has 3 N–H and O–H groups in total. The zero-order chi connectivity index (χ0) is 15.5. The molecule has 1 aliphatic carbocycles. The van der Waals surface area contributed by atoms with E-state index < -0.39 is 0 Å². The summed E-state index contributed by atoms with van der Waals surface area (Å²) in [5.41, 5.74) is 6.69. The van der Waals surface area contributed by atoms with Crippen molar-refractivity contribution < 1.29 is 4.79 Å². The molecule has 21 heavy (non-hydrogen) atoms. The quantitative estimate of drug-likeness (QED) is 0.893. The number of nitrogens with zero attached hydrogens (tertiary/aromatic N) is 2. The molecule has 2 rings (SSSR count). The number of anilines is 1. The van der Waals surface area contributed by atoms with Gasteiger partial charge in [-0.2, -0.15) is 0 Å². The number of nitrogens with one attached hydrogen (secondary N) is 1.